The second-order valence-electron chi connectivity index (χ2n) is 4.44. The molecule has 0 spiro atoms. The van der Waals surface area contributed by atoms with Gasteiger partial charge in [0.2, 0.25) is 0 Å². The Labute approximate surface area is 129 Å². The first-order valence-corrected chi connectivity index (χ1v) is 8.58. The van der Waals surface area contributed by atoms with Gasteiger partial charge in [-0.25, -0.2) is 4.98 Å². The molecule has 0 radical (unpaired) electrons. The number of nitrogens with one attached hydrogen (secondary N) is 1. The lowest BCUT2D eigenvalue weighted by molar-refractivity contribution is 0.0835. The summed E-state index contributed by atoms with van der Waals surface area (Å²) < 4.78 is 11.5. The van der Waals surface area contributed by atoms with Crippen LogP contribution in [0.1, 0.15) is 41.1 Å². The fourth-order valence-corrected chi connectivity index (χ4v) is 3.19. The number of hydrogen-bond acceptors (Lipinski definition) is 8. The van der Waals surface area contributed by atoms with Crippen LogP contribution in [0.4, 0.5) is 0 Å². The Morgan fingerprint density at radius 3 is 3.19 bits per heavy atom. The topological polar surface area (TPSA) is 90.1 Å². The van der Waals surface area contributed by atoms with Crippen molar-refractivity contribution in [1.29, 1.82) is 0 Å². The zero-order valence-electron chi connectivity index (χ0n) is 11.4. The van der Waals surface area contributed by atoms with Crippen molar-refractivity contribution in [3.63, 3.8) is 0 Å². The van der Waals surface area contributed by atoms with Crippen LogP contribution in [0.2, 0.25) is 0 Å². The van der Waals surface area contributed by atoms with E-state index in [-0.39, 0.29) is 18.6 Å². The van der Waals surface area contributed by atoms with Gasteiger partial charge in [-0.3, -0.25) is 4.79 Å². The van der Waals surface area contributed by atoms with Gasteiger partial charge in [0.25, 0.3) is 11.8 Å². The number of thioether (sulfide) groups is 1. The van der Waals surface area contributed by atoms with Gasteiger partial charge < -0.3 is 14.6 Å². The molecule has 1 aliphatic heterocycles. The van der Waals surface area contributed by atoms with E-state index in [1.165, 1.54) is 23.1 Å². The third-order valence-electron chi connectivity index (χ3n) is 2.99. The van der Waals surface area contributed by atoms with Crippen molar-refractivity contribution in [3.05, 3.63) is 22.8 Å². The summed E-state index contributed by atoms with van der Waals surface area (Å²) in [4.78, 5) is 20.4. The van der Waals surface area contributed by atoms with Crippen LogP contribution >= 0.6 is 23.1 Å². The SMILES string of the molecule is CSc1nc(C(=O)NCc2noc(C3CCCO3)n2)cs1. The fraction of sp³-hybridized carbons (Fsp3) is 0.500. The van der Waals surface area contributed by atoms with Crippen molar-refractivity contribution in [2.45, 2.75) is 29.8 Å². The van der Waals surface area contributed by atoms with Gasteiger partial charge >= 0.3 is 0 Å². The van der Waals surface area contributed by atoms with Crippen molar-refractivity contribution < 1.29 is 14.1 Å². The minimum absolute atomic E-state index is 0.107. The minimum Gasteiger partial charge on any atom is -0.368 e. The van der Waals surface area contributed by atoms with Crippen LogP contribution in [0.5, 0.6) is 0 Å². The largest absolute Gasteiger partial charge is 0.368 e. The first-order valence-electron chi connectivity index (χ1n) is 6.48. The zero-order chi connectivity index (χ0) is 14.7. The number of carbonyl (C=O) groups is 1. The van der Waals surface area contributed by atoms with Crippen molar-refractivity contribution in [2.24, 2.45) is 0 Å². The molecule has 9 heteroatoms. The fourth-order valence-electron chi connectivity index (χ4n) is 1.95. The quantitative estimate of drug-likeness (QED) is 0.841. The molecular weight excluding hydrogens is 312 g/mol. The molecule has 1 saturated heterocycles. The molecule has 0 bridgehead atoms. The maximum Gasteiger partial charge on any atom is 0.271 e. The van der Waals surface area contributed by atoms with Gasteiger partial charge in [-0.2, -0.15) is 4.98 Å². The van der Waals surface area contributed by atoms with Gasteiger partial charge in [0.15, 0.2) is 5.82 Å². The van der Waals surface area contributed by atoms with Crippen molar-refractivity contribution in [3.8, 4) is 0 Å². The van der Waals surface area contributed by atoms with Gasteiger partial charge in [-0.15, -0.1) is 11.3 Å². The predicted octanol–water partition coefficient (Wildman–Crippen LogP) is 2.03. The standard InChI is InChI=1S/C12H14N4O3S2/c1-20-12-14-7(6-21-12)10(17)13-5-9-15-11(19-16-9)8-3-2-4-18-8/h6,8H,2-5H2,1H3,(H,13,17). The van der Waals surface area contributed by atoms with E-state index in [1.54, 1.807) is 5.38 Å². The van der Waals surface area contributed by atoms with Gasteiger partial charge in [-0.05, 0) is 19.1 Å². The van der Waals surface area contributed by atoms with E-state index < -0.39 is 0 Å². The Kier molecular flexibility index (Phi) is 4.51. The third-order valence-corrected chi connectivity index (χ3v) is 4.85. The van der Waals surface area contributed by atoms with Gasteiger partial charge in [0, 0.05) is 12.0 Å². The summed E-state index contributed by atoms with van der Waals surface area (Å²) in [6.45, 7) is 0.932. The van der Waals surface area contributed by atoms with E-state index in [2.05, 4.69) is 20.4 Å². The van der Waals surface area contributed by atoms with Crippen molar-refractivity contribution >= 4 is 29.0 Å². The maximum atomic E-state index is 11.9. The van der Waals surface area contributed by atoms with Crippen molar-refractivity contribution in [1.82, 2.24) is 20.4 Å². The third kappa shape index (κ3) is 3.42. The van der Waals surface area contributed by atoms with E-state index in [4.69, 9.17) is 9.26 Å². The molecule has 21 heavy (non-hydrogen) atoms. The zero-order valence-corrected chi connectivity index (χ0v) is 13.0. The number of ether oxygens (including phenoxy) is 1. The number of aromatic nitrogens is 3. The van der Waals surface area contributed by atoms with Gasteiger partial charge in [0.1, 0.15) is 16.1 Å². The van der Waals surface area contributed by atoms with Crippen LogP contribution in [0, 0.1) is 0 Å². The summed E-state index contributed by atoms with van der Waals surface area (Å²) in [5.74, 6) is 0.680. The predicted molar refractivity (Wildman–Crippen MR) is 77.3 cm³/mol. The lowest BCUT2D eigenvalue weighted by Crippen LogP contribution is -2.23. The molecule has 3 rings (SSSR count). The van der Waals surface area contributed by atoms with E-state index in [9.17, 15) is 4.79 Å². The number of carbonyl (C=O) groups excluding carboxylic acids is 1. The molecule has 1 N–H and O–H groups in total. The lowest BCUT2D eigenvalue weighted by Gasteiger charge is -2.01. The number of amides is 1. The van der Waals surface area contributed by atoms with Crippen LogP contribution in [0.15, 0.2) is 14.2 Å². The number of thiazole rings is 1. The van der Waals surface area contributed by atoms with E-state index in [1.807, 2.05) is 6.26 Å². The summed E-state index contributed by atoms with van der Waals surface area (Å²) in [7, 11) is 0. The molecule has 7 nitrogen and oxygen atoms in total. The second-order valence-corrected chi connectivity index (χ2v) is 6.35. The average molecular weight is 326 g/mol. The minimum atomic E-state index is -0.241. The van der Waals surface area contributed by atoms with Crippen LogP contribution in [-0.2, 0) is 11.3 Å². The van der Waals surface area contributed by atoms with E-state index in [0.29, 0.717) is 17.4 Å². The Morgan fingerprint density at radius 2 is 2.48 bits per heavy atom. The Bertz CT molecular complexity index is 622. The van der Waals surface area contributed by atoms with Gasteiger partial charge in [-0.1, -0.05) is 16.9 Å². The van der Waals surface area contributed by atoms with Crippen LogP contribution in [-0.4, -0.2) is 33.9 Å². The Morgan fingerprint density at radius 1 is 1.57 bits per heavy atom. The van der Waals surface area contributed by atoms with Crippen LogP contribution in [0.25, 0.3) is 0 Å². The molecular formula is C12H14N4O3S2. The highest BCUT2D eigenvalue weighted by molar-refractivity contribution is 8.00. The van der Waals surface area contributed by atoms with Gasteiger partial charge in [0.05, 0.1) is 6.54 Å². The van der Waals surface area contributed by atoms with Crippen LogP contribution in [0.3, 0.4) is 0 Å². The van der Waals surface area contributed by atoms with E-state index in [0.717, 1.165) is 23.8 Å². The second kappa shape index (κ2) is 6.54. The van der Waals surface area contributed by atoms with E-state index >= 15 is 0 Å². The molecule has 0 aromatic carbocycles. The molecule has 1 amide bonds. The van der Waals surface area contributed by atoms with Crippen LogP contribution < -0.4 is 5.32 Å². The normalized spacial score (nSPS) is 18.0. The first-order chi connectivity index (χ1) is 10.3. The molecule has 1 aliphatic rings. The highest BCUT2D eigenvalue weighted by Gasteiger charge is 2.24. The first kappa shape index (κ1) is 14.5. The average Bonchev–Trinajstić information content (AvgIpc) is 3.24. The molecule has 1 atom stereocenters. The smallest absolute Gasteiger partial charge is 0.271 e. The number of hydrogen-bond donors (Lipinski definition) is 1. The number of nitrogens with zero attached hydrogens (tertiary/aromatic N) is 3. The summed E-state index contributed by atoms with van der Waals surface area (Å²) >= 11 is 2.96. The monoisotopic (exact) mass is 326 g/mol. The maximum absolute atomic E-state index is 11.9. The summed E-state index contributed by atoms with van der Waals surface area (Å²) in [6.07, 6.45) is 3.71. The molecule has 3 heterocycles. The molecule has 0 saturated carbocycles. The highest BCUT2D eigenvalue weighted by atomic mass is 32.2. The molecule has 2 aromatic rings. The molecule has 0 aliphatic carbocycles. The lowest BCUT2D eigenvalue weighted by atomic mass is 10.2. The Balaban J connectivity index is 1.56. The molecule has 112 valence electrons. The summed E-state index contributed by atoms with van der Waals surface area (Å²) in [5.41, 5.74) is 0.409. The Hall–Kier alpha value is -1.45. The number of rotatable bonds is 5. The summed E-state index contributed by atoms with van der Waals surface area (Å²) in [5, 5.41) is 8.30. The molecule has 1 fully saturated rings. The summed E-state index contributed by atoms with van der Waals surface area (Å²) in [6, 6.07) is 0. The molecule has 2 aromatic heterocycles. The highest BCUT2D eigenvalue weighted by Crippen LogP contribution is 2.26. The van der Waals surface area contributed by atoms with Crippen molar-refractivity contribution in [2.75, 3.05) is 12.9 Å². The molecule has 1 unspecified atom stereocenters.